The fourth-order valence-electron chi connectivity index (χ4n) is 2.52. The van der Waals surface area contributed by atoms with Gasteiger partial charge in [0, 0.05) is 12.1 Å². The van der Waals surface area contributed by atoms with Gasteiger partial charge in [0.15, 0.2) is 6.61 Å². The van der Waals surface area contributed by atoms with E-state index in [1.807, 2.05) is 49.4 Å². The number of nitrogens with zero attached hydrogens (tertiary/aromatic N) is 2. The van der Waals surface area contributed by atoms with Crippen LogP contribution in [0.15, 0.2) is 53.1 Å². The highest BCUT2D eigenvalue weighted by Crippen LogP contribution is 2.30. The maximum Gasteiger partial charge on any atom is 0.262 e. The molecule has 3 rings (SSSR count). The van der Waals surface area contributed by atoms with E-state index in [0.717, 1.165) is 18.4 Å². The van der Waals surface area contributed by atoms with Crippen LogP contribution in [0.1, 0.15) is 25.3 Å². The van der Waals surface area contributed by atoms with E-state index < -0.39 is 0 Å². The number of nitrogens with one attached hydrogen (secondary N) is 1. The molecule has 0 aliphatic rings. The van der Waals surface area contributed by atoms with Crippen LogP contribution in [0.4, 0.5) is 0 Å². The first-order valence-corrected chi connectivity index (χ1v) is 9.07. The lowest BCUT2D eigenvalue weighted by molar-refractivity contribution is -0.123. The second-order valence-corrected chi connectivity index (χ2v) is 6.28. The Balaban J connectivity index is 1.72. The van der Waals surface area contributed by atoms with Gasteiger partial charge in [0.1, 0.15) is 5.75 Å². The van der Waals surface area contributed by atoms with Crippen LogP contribution in [-0.2, 0) is 4.79 Å². The van der Waals surface area contributed by atoms with Crippen molar-refractivity contribution < 1.29 is 14.1 Å². The third-order valence-electron chi connectivity index (χ3n) is 4.06. The first-order valence-electron chi connectivity index (χ1n) is 9.07. The van der Waals surface area contributed by atoms with Crippen molar-refractivity contribution >= 4 is 5.91 Å². The molecule has 1 amide bonds. The minimum atomic E-state index is -0.149. The minimum Gasteiger partial charge on any atom is -0.483 e. The number of aryl methyl sites for hydroxylation is 1. The lowest BCUT2D eigenvalue weighted by Gasteiger charge is -2.09. The van der Waals surface area contributed by atoms with Crippen molar-refractivity contribution in [3.63, 3.8) is 0 Å². The topological polar surface area (TPSA) is 77.2 Å². The van der Waals surface area contributed by atoms with Crippen LogP contribution >= 0.6 is 0 Å². The largest absolute Gasteiger partial charge is 0.483 e. The van der Waals surface area contributed by atoms with Crippen molar-refractivity contribution in [2.75, 3.05) is 13.2 Å². The SMILES string of the molecule is CCCCNC(=O)COc1ccccc1-c1nc(-c2ccc(C)cc2)no1. The molecule has 0 saturated heterocycles. The molecule has 0 aliphatic heterocycles. The molecule has 140 valence electrons. The number of aromatic nitrogens is 2. The highest BCUT2D eigenvalue weighted by atomic mass is 16.5. The van der Waals surface area contributed by atoms with E-state index in [4.69, 9.17) is 9.26 Å². The Morgan fingerprint density at radius 2 is 1.93 bits per heavy atom. The Morgan fingerprint density at radius 1 is 1.15 bits per heavy atom. The first-order chi connectivity index (χ1) is 13.2. The molecule has 0 saturated carbocycles. The number of amides is 1. The molecule has 2 aromatic carbocycles. The molecule has 0 atom stereocenters. The summed E-state index contributed by atoms with van der Waals surface area (Å²) < 4.78 is 11.1. The van der Waals surface area contributed by atoms with E-state index in [0.29, 0.717) is 29.6 Å². The third kappa shape index (κ3) is 4.94. The van der Waals surface area contributed by atoms with Gasteiger partial charge in [-0.25, -0.2) is 0 Å². The zero-order valence-electron chi connectivity index (χ0n) is 15.6. The predicted molar refractivity (Wildman–Crippen MR) is 103 cm³/mol. The summed E-state index contributed by atoms with van der Waals surface area (Å²) in [5, 5.41) is 6.89. The average molecular weight is 365 g/mol. The molecule has 6 nitrogen and oxygen atoms in total. The lowest BCUT2D eigenvalue weighted by Crippen LogP contribution is -2.29. The van der Waals surface area contributed by atoms with E-state index in [1.165, 1.54) is 5.56 Å². The molecule has 1 heterocycles. The Morgan fingerprint density at radius 3 is 2.70 bits per heavy atom. The van der Waals surface area contributed by atoms with E-state index in [2.05, 4.69) is 22.4 Å². The molecule has 0 spiro atoms. The molecule has 1 N–H and O–H groups in total. The molecular weight excluding hydrogens is 342 g/mol. The molecule has 27 heavy (non-hydrogen) atoms. The quantitative estimate of drug-likeness (QED) is 0.610. The Hall–Kier alpha value is -3.15. The maximum atomic E-state index is 11.9. The van der Waals surface area contributed by atoms with Crippen LogP contribution in [-0.4, -0.2) is 29.2 Å². The second kappa shape index (κ2) is 8.98. The third-order valence-corrected chi connectivity index (χ3v) is 4.06. The van der Waals surface area contributed by atoms with Crippen molar-refractivity contribution in [3.05, 3.63) is 54.1 Å². The number of carbonyl (C=O) groups excluding carboxylic acids is 1. The van der Waals surface area contributed by atoms with E-state index in [-0.39, 0.29) is 12.5 Å². The summed E-state index contributed by atoms with van der Waals surface area (Å²) in [7, 11) is 0. The maximum absolute atomic E-state index is 11.9. The van der Waals surface area contributed by atoms with Crippen LogP contribution in [0.3, 0.4) is 0 Å². The molecule has 3 aromatic rings. The average Bonchev–Trinajstić information content (AvgIpc) is 3.17. The summed E-state index contributed by atoms with van der Waals surface area (Å²) in [6.07, 6.45) is 1.98. The zero-order valence-corrected chi connectivity index (χ0v) is 15.6. The van der Waals surface area contributed by atoms with Gasteiger partial charge in [-0.2, -0.15) is 4.98 Å². The number of para-hydroxylation sites is 1. The normalized spacial score (nSPS) is 10.6. The summed E-state index contributed by atoms with van der Waals surface area (Å²) in [4.78, 5) is 16.3. The van der Waals surface area contributed by atoms with Gasteiger partial charge in [0.25, 0.3) is 11.8 Å². The van der Waals surface area contributed by atoms with Gasteiger partial charge in [0.2, 0.25) is 5.82 Å². The summed E-state index contributed by atoms with van der Waals surface area (Å²) >= 11 is 0. The van der Waals surface area contributed by atoms with Gasteiger partial charge in [-0.1, -0.05) is 60.5 Å². The van der Waals surface area contributed by atoms with Crippen LogP contribution in [0.2, 0.25) is 0 Å². The number of rotatable bonds is 8. The molecule has 6 heteroatoms. The molecule has 0 radical (unpaired) electrons. The summed E-state index contributed by atoms with van der Waals surface area (Å²) in [6.45, 7) is 4.70. The lowest BCUT2D eigenvalue weighted by atomic mass is 10.1. The standard InChI is InChI=1S/C21H23N3O3/c1-3-4-13-22-19(25)14-26-18-8-6-5-7-17(18)21-23-20(24-27-21)16-11-9-15(2)10-12-16/h5-12H,3-4,13-14H2,1-2H3,(H,22,25). The second-order valence-electron chi connectivity index (χ2n) is 6.28. The first kappa shape index (κ1) is 18.6. The minimum absolute atomic E-state index is 0.0559. The smallest absolute Gasteiger partial charge is 0.262 e. The molecule has 0 fully saturated rings. The summed E-state index contributed by atoms with van der Waals surface area (Å²) in [6, 6.07) is 15.2. The number of hydrogen-bond acceptors (Lipinski definition) is 5. The van der Waals surface area contributed by atoms with Gasteiger partial charge in [-0.15, -0.1) is 0 Å². The number of benzene rings is 2. The fourth-order valence-corrected chi connectivity index (χ4v) is 2.52. The number of ether oxygens (including phenoxy) is 1. The van der Waals surface area contributed by atoms with E-state index in [9.17, 15) is 4.79 Å². The molecule has 0 bridgehead atoms. The van der Waals surface area contributed by atoms with Gasteiger partial charge >= 0.3 is 0 Å². The van der Waals surface area contributed by atoms with Crippen LogP contribution in [0, 0.1) is 6.92 Å². The van der Waals surface area contributed by atoms with Crippen molar-refractivity contribution in [2.24, 2.45) is 0 Å². The Bertz CT molecular complexity index is 888. The Kier molecular flexibility index (Phi) is 6.20. The monoisotopic (exact) mass is 365 g/mol. The van der Waals surface area contributed by atoms with Gasteiger partial charge < -0.3 is 14.6 Å². The van der Waals surface area contributed by atoms with Crippen molar-refractivity contribution in [1.82, 2.24) is 15.5 Å². The molecular formula is C21H23N3O3. The number of carbonyl (C=O) groups is 1. The van der Waals surface area contributed by atoms with Crippen molar-refractivity contribution in [3.8, 4) is 28.6 Å². The molecule has 1 aromatic heterocycles. The Labute approximate surface area is 158 Å². The number of unbranched alkanes of at least 4 members (excludes halogenated alkanes) is 1. The fraction of sp³-hybridized carbons (Fsp3) is 0.286. The van der Waals surface area contributed by atoms with Crippen LogP contribution in [0.5, 0.6) is 5.75 Å². The van der Waals surface area contributed by atoms with Crippen molar-refractivity contribution in [1.29, 1.82) is 0 Å². The van der Waals surface area contributed by atoms with Crippen molar-refractivity contribution in [2.45, 2.75) is 26.7 Å². The van der Waals surface area contributed by atoms with Gasteiger partial charge in [-0.05, 0) is 25.5 Å². The highest BCUT2D eigenvalue weighted by molar-refractivity contribution is 5.78. The van der Waals surface area contributed by atoms with Gasteiger partial charge in [-0.3, -0.25) is 4.79 Å². The summed E-state index contributed by atoms with van der Waals surface area (Å²) in [5.74, 6) is 1.25. The number of hydrogen-bond donors (Lipinski definition) is 1. The van der Waals surface area contributed by atoms with Gasteiger partial charge in [0.05, 0.1) is 5.56 Å². The van der Waals surface area contributed by atoms with Crippen LogP contribution < -0.4 is 10.1 Å². The predicted octanol–water partition coefficient (Wildman–Crippen LogP) is 4.01. The summed E-state index contributed by atoms with van der Waals surface area (Å²) in [5.41, 5.74) is 2.70. The van der Waals surface area contributed by atoms with Crippen LogP contribution in [0.25, 0.3) is 22.8 Å². The highest BCUT2D eigenvalue weighted by Gasteiger charge is 2.15. The zero-order chi connectivity index (χ0) is 19.1. The molecule has 0 unspecified atom stereocenters. The van der Waals surface area contributed by atoms with E-state index in [1.54, 1.807) is 6.07 Å². The van der Waals surface area contributed by atoms with E-state index >= 15 is 0 Å². The molecule has 0 aliphatic carbocycles.